The van der Waals surface area contributed by atoms with Crippen LogP contribution in [0.2, 0.25) is 0 Å². The average Bonchev–Trinajstić information content (AvgIpc) is 2.45. The molecule has 0 unspecified atom stereocenters. The Morgan fingerprint density at radius 2 is 1.91 bits per heavy atom. The lowest BCUT2D eigenvalue weighted by Gasteiger charge is -2.20. The first-order valence-corrected chi connectivity index (χ1v) is 8.70. The maximum Gasteiger partial charge on any atom is 0.322 e. The van der Waals surface area contributed by atoms with Crippen LogP contribution in [-0.4, -0.2) is 31.4 Å². The van der Waals surface area contributed by atoms with Crippen LogP contribution in [-0.2, 0) is 19.6 Å². The first-order chi connectivity index (χ1) is 10.6. The normalized spacial score (nSPS) is 14.1. The highest BCUT2D eigenvalue weighted by molar-refractivity contribution is 7.89. The van der Waals surface area contributed by atoms with Gasteiger partial charge in [-0.25, -0.2) is 8.42 Å². The van der Waals surface area contributed by atoms with E-state index >= 15 is 0 Å². The number of carboxylic acids is 1. The van der Waals surface area contributed by atoms with Crippen molar-refractivity contribution in [2.75, 3.05) is 5.32 Å². The molecule has 7 nitrogen and oxygen atoms in total. The van der Waals surface area contributed by atoms with Crippen molar-refractivity contribution >= 4 is 27.6 Å². The zero-order chi connectivity index (χ0) is 17.8. The summed E-state index contributed by atoms with van der Waals surface area (Å²) in [6, 6.07) is 3.03. The summed E-state index contributed by atoms with van der Waals surface area (Å²) >= 11 is 0. The molecule has 0 heterocycles. The van der Waals surface area contributed by atoms with E-state index in [-0.39, 0.29) is 16.7 Å². The van der Waals surface area contributed by atoms with E-state index in [0.29, 0.717) is 17.7 Å². The van der Waals surface area contributed by atoms with Gasteiger partial charge in [-0.05, 0) is 30.5 Å². The number of benzene rings is 1. The van der Waals surface area contributed by atoms with Crippen LogP contribution < -0.4 is 10.0 Å². The predicted octanol–water partition coefficient (Wildman–Crippen LogP) is 1.73. The van der Waals surface area contributed by atoms with Gasteiger partial charge < -0.3 is 10.4 Å². The van der Waals surface area contributed by atoms with E-state index < -0.39 is 22.0 Å². The lowest BCUT2D eigenvalue weighted by Crippen LogP contribution is -2.44. The largest absolute Gasteiger partial charge is 0.480 e. The van der Waals surface area contributed by atoms with E-state index in [1.165, 1.54) is 19.1 Å². The van der Waals surface area contributed by atoms with E-state index in [4.69, 9.17) is 0 Å². The van der Waals surface area contributed by atoms with Crippen LogP contribution in [0.3, 0.4) is 0 Å². The number of sulfonamides is 1. The first-order valence-electron chi connectivity index (χ1n) is 7.21. The van der Waals surface area contributed by atoms with Gasteiger partial charge in [-0.2, -0.15) is 4.72 Å². The minimum absolute atomic E-state index is 0.0959. The van der Waals surface area contributed by atoms with E-state index in [2.05, 4.69) is 10.0 Å². The molecule has 0 aliphatic heterocycles. The molecular weight excluding hydrogens is 320 g/mol. The van der Waals surface area contributed by atoms with Crippen molar-refractivity contribution in [2.45, 2.75) is 45.1 Å². The van der Waals surface area contributed by atoms with E-state index in [9.17, 15) is 23.1 Å². The Labute approximate surface area is 136 Å². The van der Waals surface area contributed by atoms with Crippen LogP contribution in [0.25, 0.3) is 0 Å². The van der Waals surface area contributed by atoms with Gasteiger partial charge in [0.2, 0.25) is 15.9 Å². The van der Waals surface area contributed by atoms with Gasteiger partial charge in [-0.3, -0.25) is 9.59 Å². The number of aryl methyl sites for hydroxylation is 1. The SMILES string of the molecule is CC[C@H](C)[C@H](NS(=O)(=O)c1ccc(C)c(NC(C)=O)c1)C(=O)O. The first kappa shape index (κ1) is 19.1. The highest BCUT2D eigenvalue weighted by atomic mass is 32.2. The van der Waals surface area contributed by atoms with Gasteiger partial charge in [0.1, 0.15) is 6.04 Å². The maximum absolute atomic E-state index is 12.4. The lowest BCUT2D eigenvalue weighted by atomic mass is 10.0. The van der Waals surface area contributed by atoms with Gasteiger partial charge in [-0.1, -0.05) is 26.3 Å². The number of aliphatic carboxylic acids is 1. The third kappa shape index (κ3) is 5.04. The molecule has 0 saturated carbocycles. The molecule has 2 atom stereocenters. The second kappa shape index (κ2) is 7.56. The number of carboxylic acid groups (broad SMARTS) is 1. The van der Waals surface area contributed by atoms with Crippen molar-refractivity contribution in [3.63, 3.8) is 0 Å². The van der Waals surface area contributed by atoms with Gasteiger partial charge in [0.15, 0.2) is 0 Å². The quantitative estimate of drug-likeness (QED) is 0.698. The summed E-state index contributed by atoms with van der Waals surface area (Å²) in [5.74, 6) is -1.90. The third-order valence-electron chi connectivity index (χ3n) is 3.59. The number of amides is 1. The average molecular weight is 342 g/mol. The number of rotatable bonds is 7. The number of carbonyl (C=O) groups is 2. The number of nitrogens with one attached hydrogen (secondary N) is 2. The summed E-state index contributed by atoms with van der Waals surface area (Å²) in [5.41, 5.74) is 1.08. The van der Waals surface area contributed by atoms with Gasteiger partial charge in [0.05, 0.1) is 4.90 Å². The summed E-state index contributed by atoms with van der Waals surface area (Å²) in [5, 5.41) is 11.8. The van der Waals surface area contributed by atoms with Gasteiger partial charge in [0, 0.05) is 12.6 Å². The Kier molecular flexibility index (Phi) is 6.28. The molecule has 0 aromatic heterocycles. The maximum atomic E-state index is 12.4. The monoisotopic (exact) mass is 342 g/mol. The predicted molar refractivity (Wildman–Crippen MR) is 86.7 cm³/mol. The van der Waals surface area contributed by atoms with Crippen molar-refractivity contribution < 1.29 is 23.1 Å². The molecular formula is C15H22N2O5S. The lowest BCUT2D eigenvalue weighted by molar-refractivity contribution is -0.140. The van der Waals surface area contributed by atoms with Crippen molar-refractivity contribution in [1.82, 2.24) is 4.72 Å². The molecule has 0 aliphatic rings. The second-order valence-corrected chi connectivity index (χ2v) is 7.19. The molecule has 0 spiro atoms. The molecule has 0 fully saturated rings. The number of hydrogen-bond donors (Lipinski definition) is 3. The molecule has 1 aromatic rings. The van der Waals surface area contributed by atoms with Crippen LogP contribution >= 0.6 is 0 Å². The fourth-order valence-electron chi connectivity index (χ4n) is 1.97. The van der Waals surface area contributed by atoms with Crippen LogP contribution in [0, 0.1) is 12.8 Å². The van der Waals surface area contributed by atoms with Gasteiger partial charge in [-0.15, -0.1) is 0 Å². The summed E-state index contributed by atoms with van der Waals surface area (Å²) < 4.78 is 27.1. The second-order valence-electron chi connectivity index (χ2n) is 5.48. The highest BCUT2D eigenvalue weighted by Crippen LogP contribution is 2.21. The topological polar surface area (TPSA) is 113 Å². The Morgan fingerprint density at radius 3 is 2.39 bits per heavy atom. The fourth-order valence-corrected chi connectivity index (χ4v) is 3.30. The molecule has 1 aromatic carbocycles. The number of carbonyl (C=O) groups excluding carboxylic acids is 1. The third-order valence-corrected chi connectivity index (χ3v) is 5.03. The Balaban J connectivity index is 3.17. The molecule has 0 saturated heterocycles. The smallest absolute Gasteiger partial charge is 0.322 e. The standard InChI is InChI=1S/C15H22N2O5S/c1-5-9(2)14(15(19)20)17-23(21,22)12-7-6-10(3)13(8-12)16-11(4)18/h6-9,14,17H,5H2,1-4H3,(H,16,18)(H,19,20)/t9-,14-/m0/s1. The molecule has 0 aliphatic carbocycles. The van der Waals surface area contributed by atoms with E-state index in [1.54, 1.807) is 26.8 Å². The zero-order valence-electron chi connectivity index (χ0n) is 13.6. The van der Waals surface area contributed by atoms with Gasteiger partial charge in [0.25, 0.3) is 0 Å². The van der Waals surface area contributed by atoms with Crippen LogP contribution in [0.5, 0.6) is 0 Å². The van der Waals surface area contributed by atoms with Crippen molar-refractivity contribution in [3.8, 4) is 0 Å². The molecule has 1 amide bonds. The molecule has 0 radical (unpaired) electrons. The Morgan fingerprint density at radius 1 is 1.30 bits per heavy atom. The van der Waals surface area contributed by atoms with Crippen LogP contribution in [0.4, 0.5) is 5.69 Å². The summed E-state index contributed by atoms with van der Waals surface area (Å²) in [6.45, 7) is 6.51. The molecule has 1 rings (SSSR count). The van der Waals surface area contributed by atoms with Crippen molar-refractivity contribution in [1.29, 1.82) is 0 Å². The van der Waals surface area contributed by atoms with Crippen molar-refractivity contribution in [3.05, 3.63) is 23.8 Å². The van der Waals surface area contributed by atoms with Gasteiger partial charge >= 0.3 is 5.97 Å². The summed E-state index contributed by atoms with van der Waals surface area (Å²) in [6.07, 6.45) is 0.518. The van der Waals surface area contributed by atoms with Crippen LogP contribution in [0.1, 0.15) is 32.8 Å². The molecule has 0 bridgehead atoms. The van der Waals surface area contributed by atoms with E-state index in [0.717, 1.165) is 0 Å². The van der Waals surface area contributed by atoms with E-state index in [1.807, 2.05) is 0 Å². The fraction of sp³-hybridized carbons (Fsp3) is 0.467. The number of anilines is 1. The van der Waals surface area contributed by atoms with Crippen molar-refractivity contribution in [2.24, 2.45) is 5.92 Å². The minimum Gasteiger partial charge on any atom is -0.480 e. The summed E-state index contributed by atoms with van der Waals surface area (Å²) in [4.78, 5) is 22.4. The molecule has 23 heavy (non-hydrogen) atoms. The summed E-state index contributed by atoms with van der Waals surface area (Å²) in [7, 11) is -4.02. The Hall–Kier alpha value is -1.93. The minimum atomic E-state index is -4.02. The highest BCUT2D eigenvalue weighted by Gasteiger charge is 2.29. The molecule has 128 valence electrons. The molecule has 8 heteroatoms. The zero-order valence-corrected chi connectivity index (χ0v) is 14.4. The Bertz CT molecular complexity index is 700. The molecule has 3 N–H and O–H groups in total. The number of hydrogen-bond acceptors (Lipinski definition) is 4. The van der Waals surface area contributed by atoms with Crippen LogP contribution in [0.15, 0.2) is 23.1 Å².